The molecule has 0 atom stereocenters. The standard InChI is InChI=1S/C11H9BrFNO3/c12-8-2-1-6(3-9(8)13)10(15)14-4-7(5-14)11(16)17/h1-3,7H,4-5H2,(H,16,17). The Hall–Kier alpha value is -1.43. The van der Waals surface area contributed by atoms with E-state index in [0.29, 0.717) is 4.47 Å². The second kappa shape index (κ2) is 4.44. The third kappa shape index (κ3) is 2.31. The Labute approximate surface area is 105 Å². The van der Waals surface area contributed by atoms with Crippen molar-refractivity contribution in [3.63, 3.8) is 0 Å². The Morgan fingerprint density at radius 3 is 2.59 bits per heavy atom. The Morgan fingerprint density at radius 1 is 1.41 bits per heavy atom. The third-order valence-corrected chi connectivity index (χ3v) is 3.33. The van der Waals surface area contributed by atoms with Crippen molar-refractivity contribution in [3.05, 3.63) is 34.1 Å². The smallest absolute Gasteiger partial charge is 0.310 e. The van der Waals surface area contributed by atoms with Gasteiger partial charge in [0.05, 0.1) is 10.4 Å². The quantitative estimate of drug-likeness (QED) is 0.905. The summed E-state index contributed by atoms with van der Waals surface area (Å²) in [6, 6.07) is 4.10. The minimum Gasteiger partial charge on any atom is -0.481 e. The summed E-state index contributed by atoms with van der Waals surface area (Å²) in [5, 5.41) is 8.68. The number of carboxylic acid groups (broad SMARTS) is 1. The maximum absolute atomic E-state index is 13.2. The maximum atomic E-state index is 13.2. The first kappa shape index (κ1) is 12.0. The molecule has 6 heteroatoms. The second-order valence-corrected chi connectivity index (χ2v) is 4.73. The summed E-state index contributed by atoms with van der Waals surface area (Å²) in [6.07, 6.45) is 0. The summed E-state index contributed by atoms with van der Waals surface area (Å²) in [6.45, 7) is 0.373. The molecule has 4 nitrogen and oxygen atoms in total. The van der Waals surface area contributed by atoms with Crippen LogP contribution in [0.3, 0.4) is 0 Å². The van der Waals surface area contributed by atoms with Gasteiger partial charge in [-0.05, 0) is 34.1 Å². The van der Waals surface area contributed by atoms with E-state index >= 15 is 0 Å². The van der Waals surface area contributed by atoms with E-state index < -0.39 is 17.7 Å². The first-order chi connectivity index (χ1) is 7.99. The monoisotopic (exact) mass is 301 g/mol. The molecule has 0 aromatic heterocycles. The highest BCUT2D eigenvalue weighted by Gasteiger charge is 2.35. The lowest BCUT2D eigenvalue weighted by atomic mass is 9.99. The van der Waals surface area contributed by atoms with Crippen molar-refractivity contribution in [1.29, 1.82) is 0 Å². The molecule has 2 rings (SSSR count). The molecule has 90 valence electrons. The van der Waals surface area contributed by atoms with Gasteiger partial charge in [-0.3, -0.25) is 9.59 Å². The van der Waals surface area contributed by atoms with E-state index in [-0.39, 0.29) is 24.6 Å². The molecular formula is C11H9BrFNO3. The van der Waals surface area contributed by atoms with Crippen LogP contribution in [0.4, 0.5) is 4.39 Å². The van der Waals surface area contributed by atoms with Crippen LogP contribution in [0.2, 0.25) is 0 Å². The Balaban J connectivity index is 2.06. The highest BCUT2D eigenvalue weighted by Crippen LogP contribution is 2.21. The number of hydrogen-bond donors (Lipinski definition) is 1. The van der Waals surface area contributed by atoms with Gasteiger partial charge in [0.15, 0.2) is 0 Å². The summed E-state index contributed by atoms with van der Waals surface area (Å²) in [5.74, 6) is -2.25. The van der Waals surface area contributed by atoms with Crippen LogP contribution in [0.5, 0.6) is 0 Å². The summed E-state index contributed by atoms with van der Waals surface area (Å²) in [7, 11) is 0. The van der Waals surface area contributed by atoms with Gasteiger partial charge in [0.25, 0.3) is 5.91 Å². The predicted molar refractivity (Wildman–Crippen MR) is 61.1 cm³/mol. The normalized spacial score (nSPS) is 15.5. The van der Waals surface area contributed by atoms with Crippen LogP contribution in [-0.4, -0.2) is 35.0 Å². The average Bonchev–Trinajstić information content (AvgIpc) is 2.19. The van der Waals surface area contributed by atoms with Crippen molar-refractivity contribution in [2.45, 2.75) is 0 Å². The number of halogens is 2. The van der Waals surface area contributed by atoms with Gasteiger partial charge in [0.2, 0.25) is 0 Å². The van der Waals surface area contributed by atoms with Gasteiger partial charge < -0.3 is 10.0 Å². The van der Waals surface area contributed by atoms with E-state index in [1.807, 2.05) is 0 Å². The molecule has 1 saturated heterocycles. The molecule has 0 spiro atoms. The Morgan fingerprint density at radius 2 is 2.06 bits per heavy atom. The van der Waals surface area contributed by atoms with Gasteiger partial charge in [0, 0.05) is 18.7 Å². The molecule has 1 fully saturated rings. The number of amides is 1. The number of nitrogens with zero attached hydrogens (tertiary/aromatic N) is 1. The molecule has 0 saturated carbocycles. The van der Waals surface area contributed by atoms with E-state index in [2.05, 4.69) is 15.9 Å². The highest BCUT2D eigenvalue weighted by atomic mass is 79.9. The number of aliphatic carboxylic acids is 1. The molecule has 1 N–H and O–H groups in total. The van der Waals surface area contributed by atoms with Crippen LogP contribution in [0, 0.1) is 11.7 Å². The van der Waals surface area contributed by atoms with Gasteiger partial charge in [-0.15, -0.1) is 0 Å². The van der Waals surface area contributed by atoms with Gasteiger partial charge in [-0.1, -0.05) is 0 Å². The van der Waals surface area contributed by atoms with Crippen molar-refractivity contribution in [3.8, 4) is 0 Å². The van der Waals surface area contributed by atoms with Crippen molar-refractivity contribution < 1.29 is 19.1 Å². The topological polar surface area (TPSA) is 57.6 Å². The molecule has 1 aromatic rings. The molecule has 1 aliphatic heterocycles. The van der Waals surface area contributed by atoms with Crippen LogP contribution in [0.25, 0.3) is 0 Å². The summed E-state index contributed by atoms with van der Waals surface area (Å²) in [4.78, 5) is 23.8. The lowest BCUT2D eigenvalue weighted by Crippen LogP contribution is -2.53. The maximum Gasteiger partial charge on any atom is 0.310 e. The first-order valence-electron chi connectivity index (χ1n) is 4.96. The van der Waals surface area contributed by atoms with Crippen molar-refractivity contribution >= 4 is 27.8 Å². The number of carbonyl (C=O) groups excluding carboxylic acids is 1. The van der Waals surface area contributed by atoms with E-state index in [1.165, 1.54) is 17.0 Å². The number of likely N-dealkylation sites (tertiary alicyclic amines) is 1. The average molecular weight is 302 g/mol. The van der Waals surface area contributed by atoms with Gasteiger partial charge in [-0.2, -0.15) is 0 Å². The largest absolute Gasteiger partial charge is 0.481 e. The lowest BCUT2D eigenvalue weighted by Gasteiger charge is -2.36. The number of rotatable bonds is 2. The minimum absolute atomic E-state index is 0.186. The second-order valence-electron chi connectivity index (χ2n) is 3.87. The Kier molecular flexibility index (Phi) is 3.15. The molecule has 1 amide bonds. The number of carbonyl (C=O) groups is 2. The highest BCUT2D eigenvalue weighted by molar-refractivity contribution is 9.10. The zero-order valence-electron chi connectivity index (χ0n) is 8.69. The zero-order valence-corrected chi connectivity index (χ0v) is 10.3. The number of hydrogen-bond acceptors (Lipinski definition) is 2. The van der Waals surface area contributed by atoms with Crippen molar-refractivity contribution in [2.24, 2.45) is 5.92 Å². The third-order valence-electron chi connectivity index (χ3n) is 2.68. The molecule has 0 unspecified atom stereocenters. The molecule has 1 aliphatic rings. The fourth-order valence-electron chi connectivity index (χ4n) is 1.61. The predicted octanol–water partition coefficient (Wildman–Crippen LogP) is 1.74. The SMILES string of the molecule is O=C(O)C1CN(C(=O)c2ccc(Br)c(F)c2)C1. The molecule has 0 aliphatic carbocycles. The molecular weight excluding hydrogens is 293 g/mol. The number of benzene rings is 1. The first-order valence-corrected chi connectivity index (χ1v) is 5.75. The fourth-order valence-corrected chi connectivity index (χ4v) is 1.86. The van der Waals surface area contributed by atoms with Crippen molar-refractivity contribution in [1.82, 2.24) is 4.90 Å². The molecule has 17 heavy (non-hydrogen) atoms. The van der Waals surface area contributed by atoms with Crippen LogP contribution in [0.15, 0.2) is 22.7 Å². The Bertz CT molecular complexity index is 486. The van der Waals surface area contributed by atoms with Crippen LogP contribution in [0.1, 0.15) is 10.4 Å². The van der Waals surface area contributed by atoms with E-state index in [0.717, 1.165) is 6.07 Å². The van der Waals surface area contributed by atoms with Crippen LogP contribution in [-0.2, 0) is 4.79 Å². The number of carboxylic acids is 1. The summed E-state index contributed by atoms with van der Waals surface area (Å²) in [5.41, 5.74) is 0.231. The zero-order chi connectivity index (χ0) is 12.6. The fraction of sp³-hybridized carbons (Fsp3) is 0.273. The minimum atomic E-state index is -0.906. The van der Waals surface area contributed by atoms with Crippen LogP contribution >= 0.6 is 15.9 Å². The van der Waals surface area contributed by atoms with Gasteiger partial charge >= 0.3 is 5.97 Å². The molecule has 0 bridgehead atoms. The van der Waals surface area contributed by atoms with Gasteiger partial charge in [0.1, 0.15) is 5.82 Å². The molecule has 1 heterocycles. The molecule has 0 radical (unpaired) electrons. The van der Waals surface area contributed by atoms with E-state index in [4.69, 9.17) is 5.11 Å². The van der Waals surface area contributed by atoms with Crippen LogP contribution < -0.4 is 0 Å². The summed E-state index contributed by atoms with van der Waals surface area (Å²) < 4.78 is 13.5. The van der Waals surface area contributed by atoms with Gasteiger partial charge in [-0.25, -0.2) is 4.39 Å². The molecule has 1 aromatic carbocycles. The summed E-state index contributed by atoms with van der Waals surface area (Å²) >= 11 is 3.00. The lowest BCUT2D eigenvalue weighted by molar-refractivity contribution is -0.146. The van der Waals surface area contributed by atoms with E-state index in [9.17, 15) is 14.0 Å². The van der Waals surface area contributed by atoms with E-state index in [1.54, 1.807) is 0 Å². The van der Waals surface area contributed by atoms with Crippen molar-refractivity contribution in [2.75, 3.05) is 13.1 Å².